The van der Waals surface area contributed by atoms with E-state index in [1.807, 2.05) is 11.3 Å². The van der Waals surface area contributed by atoms with E-state index in [4.69, 9.17) is 4.74 Å². The lowest BCUT2D eigenvalue weighted by atomic mass is 9.80. The van der Waals surface area contributed by atoms with Crippen LogP contribution in [0.25, 0.3) is 0 Å². The number of thiophene rings is 1. The van der Waals surface area contributed by atoms with Gasteiger partial charge in [-0.1, -0.05) is 19.8 Å². The van der Waals surface area contributed by atoms with Crippen LogP contribution in [-0.4, -0.2) is 18.8 Å². The van der Waals surface area contributed by atoms with Gasteiger partial charge in [0.05, 0.1) is 9.39 Å². The molecule has 3 rings (SSSR count). The van der Waals surface area contributed by atoms with Crippen molar-refractivity contribution in [2.45, 2.75) is 63.5 Å². The summed E-state index contributed by atoms with van der Waals surface area (Å²) in [6.07, 6.45) is 8.88. The van der Waals surface area contributed by atoms with Crippen molar-refractivity contribution < 1.29 is 4.74 Å². The lowest BCUT2D eigenvalue weighted by Gasteiger charge is -2.41. The Morgan fingerprint density at radius 3 is 2.90 bits per heavy atom. The molecule has 1 saturated heterocycles. The Bertz CT molecular complexity index is 455. The second kappa shape index (κ2) is 7.12. The van der Waals surface area contributed by atoms with Crippen LogP contribution >= 0.6 is 27.3 Å². The van der Waals surface area contributed by atoms with Crippen LogP contribution in [0.5, 0.6) is 0 Å². The molecule has 2 heterocycles. The van der Waals surface area contributed by atoms with Crippen molar-refractivity contribution in [3.05, 3.63) is 20.8 Å². The molecule has 2 unspecified atom stereocenters. The van der Waals surface area contributed by atoms with Crippen molar-refractivity contribution in [1.29, 1.82) is 0 Å². The molecule has 2 aliphatic rings. The first-order valence-electron chi connectivity index (χ1n) is 8.35. The molecule has 0 radical (unpaired) electrons. The first kappa shape index (κ1) is 16.0. The third-order valence-electron chi connectivity index (χ3n) is 5.03. The van der Waals surface area contributed by atoms with Crippen molar-refractivity contribution in [2.24, 2.45) is 5.92 Å². The van der Waals surface area contributed by atoms with Gasteiger partial charge in [0, 0.05) is 17.5 Å². The van der Waals surface area contributed by atoms with Crippen LogP contribution in [0.4, 0.5) is 0 Å². The zero-order valence-corrected chi connectivity index (χ0v) is 15.3. The summed E-state index contributed by atoms with van der Waals surface area (Å²) in [5.74, 6) is 0.717. The molecule has 1 aromatic heterocycles. The highest BCUT2D eigenvalue weighted by molar-refractivity contribution is 9.11. The highest BCUT2D eigenvalue weighted by Gasteiger charge is 2.42. The zero-order valence-electron chi connectivity index (χ0n) is 12.9. The maximum absolute atomic E-state index is 6.22. The van der Waals surface area contributed by atoms with Gasteiger partial charge in [-0.25, -0.2) is 0 Å². The maximum atomic E-state index is 6.22. The van der Waals surface area contributed by atoms with Gasteiger partial charge in [0.25, 0.3) is 0 Å². The molecule has 2 atom stereocenters. The lowest BCUT2D eigenvalue weighted by molar-refractivity contribution is -0.0980. The van der Waals surface area contributed by atoms with Gasteiger partial charge in [0.1, 0.15) is 0 Å². The van der Waals surface area contributed by atoms with Crippen molar-refractivity contribution in [2.75, 3.05) is 13.2 Å². The largest absolute Gasteiger partial charge is 0.375 e. The molecule has 21 heavy (non-hydrogen) atoms. The van der Waals surface area contributed by atoms with E-state index < -0.39 is 0 Å². The molecular weight excluding hydrogens is 346 g/mol. The molecule has 2 nitrogen and oxygen atoms in total. The van der Waals surface area contributed by atoms with E-state index in [1.54, 1.807) is 0 Å². The zero-order chi connectivity index (χ0) is 14.7. The van der Waals surface area contributed by atoms with Gasteiger partial charge < -0.3 is 10.1 Å². The number of hydrogen-bond acceptors (Lipinski definition) is 3. The molecule has 0 aromatic carbocycles. The Balaban J connectivity index is 1.75. The van der Waals surface area contributed by atoms with Crippen LogP contribution in [-0.2, 0) is 4.74 Å². The molecule has 2 fully saturated rings. The summed E-state index contributed by atoms with van der Waals surface area (Å²) < 4.78 is 7.46. The number of nitrogens with one attached hydrogen (secondary N) is 1. The quantitative estimate of drug-likeness (QED) is 0.758. The summed E-state index contributed by atoms with van der Waals surface area (Å²) in [7, 11) is 0. The smallest absolute Gasteiger partial charge is 0.0701 e. The normalized spacial score (nSPS) is 26.3. The van der Waals surface area contributed by atoms with Crippen LogP contribution in [0, 0.1) is 5.92 Å². The van der Waals surface area contributed by atoms with E-state index in [-0.39, 0.29) is 5.60 Å². The minimum atomic E-state index is 0.212. The van der Waals surface area contributed by atoms with Crippen LogP contribution in [0.1, 0.15) is 62.8 Å². The van der Waals surface area contributed by atoms with Gasteiger partial charge in [-0.05, 0) is 72.6 Å². The standard InChI is InChI=1S/C17H26BrNOS/c1-2-10-19-16(14-5-6-15(18)21-14)13-7-11-20-17(12-13)8-3-4-9-17/h5-6,13,16,19H,2-4,7-12H2,1H3. The van der Waals surface area contributed by atoms with Crippen LogP contribution < -0.4 is 5.32 Å². The number of rotatable bonds is 5. The highest BCUT2D eigenvalue weighted by atomic mass is 79.9. The SMILES string of the molecule is CCCNC(c1ccc(Br)s1)C1CCOC2(CCCC2)C1. The molecule has 1 aromatic rings. The van der Waals surface area contributed by atoms with Gasteiger partial charge in [-0.15, -0.1) is 11.3 Å². The summed E-state index contributed by atoms with van der Waals surface area (Å²) >= 11 is 5.50. The lowest BCUT2D eigenvalue weighted by Crippen LogP contribution is -2.42. The second-order valence-electron chi connectivity index (χ2n) is 6.57. The van der Waals surface area contributed by atoms with Crippen molar-refractivity contribution in [1.82, 2.24) is 5.32 Å². The summed E-state index contributed by atoms with van der Waals surface area (Å²) in [4.78, 5) is 1.48. The van der Waals surface area contributed by atoms with Crippen LogP contribution in [0.2, 0.25) is 0 Å². The Morgan fingerprint density at radius 2 is 2.24 bits per heavy atom. The van der Waals surface area contributed by atoms with E-state index in [0.29, 0.717) is 12.0 Å². The average molecular weight is 372 g/mol. The first-order valence-corrected chi connectivity index (χ1v) is 9.96. The van der Waals surface area contributed by atoms with Crippen molar-refractivity contribution in [3.63, 3.8) is 0 Å². The fourth-order valence-electron chi connectivity index (χ4n) is 4.01. The Morgan fingerprint density at radius 1 is 1.43 bits per heavy atom. The molecule has 118 valence electrons. The second-order valence-corrected chi connectivity index (χ2v) is 9.06. The fraction of sp³-hybridized carbons (Fsp3) is 0.765. The third-order valence-corrected chi connectivity index (χ3v) is 6.74. The molecule has 0 amide bonds. The van der Waals surface area contributed by atoms with Gasteiger partial charge in [-0.3, -0.25) is 0 Å². The maximum Gasteiger partial charge on any atom is 0.0701 e. The number of ether oxygens (including phenoxy) is 1. The molecule has 4 heteroatoms. The predicted molar refractivity (Wildman–Crippen MR) is 92.9 cm³/mol. The molecule has 0 bridgehead atoms. The molecule has 1 N–H and O–H groups in total. The summed E-state index contributed by atoms with van der Waals surface area (Å²) in [5.41, 5.74) is 0.212. The van der Waals surface area contributed by atoms with Gasteiger partial charge in [0.2, 0.25) is 0 Å². The summed E-state index contributed by atoms with van der Waals surface area (Å²) in [5, 5.41) is 3.81. The Hall–Kier alpha value is 0.1000. The predicted octanol–water partition coefficient (Wildman–Crippen LogP) is 5.29. The van der Waals surface area contributed by atoms with E-state index in [0.717, 1.165) is 13.2 Å². The van der Waals surface area contributed by atoms with Crippen LogP contribution in [0.15, 0.2) is 15.9 Å². The van der Waals surface area contributed by atoms with E-state index in [2.05, 4.69) is 40.3 Å². The minimum absolute atomic E-state index is 0.212. The van der Waals surface area contributed by atoms with Crippen LogP contribution in [0.3, 0.4) is 0 Å². The number of halogens is 1. The van der Waals surface area contributed by atoms with Gasteiger partial charge in [0.15, 0.2) is 0 Å². The number of hydrogen-bond donors (Lipinski definition) is 1. The fourth-order valence-corrected chi connectivity index (χ4v) is 5.61. The summed E-state index contributed by atoms with van der Waals surface area (Å²) in [6.45, 7) is 4.29. The monoisotopic (exact) mass is 371 g/mol. The highest BCUT2D eigenvalue weighted by Crippen LogP contribution is 2.46. The van der Waals surface area contributed by atoms with Gasteiger partial charge in [-0.2, -0.15) is 0 Å². The van der Waals surface area contributed by atoms with Crippen molar-refractivity contribution in [3.8, 4) is 0 Å². The van der Waals surface area contributed by atoms with Crippen molar-refractivity contribution >= 4 is 27.3 Å². The molecule has 1 spiro atoms. The Kier molecular flexibility index (Phi) is 5.41. The Labute approximate surface area is 140 Å². The van der Waals surface area contributed by atoms with E-state index in [1.165, 1.54) is 53.6 Å². The topological polar surface area (TPSA) is 21.3 Å². The third kappa shape index (κ3) is 3.72. The molecular formula is C17H26BrNOS. The molecule has 1 aliphatic carbocycles. The first-order chi connectivity index (χ1) is 10.2. The summed E-state index contributed by atoms with van der Waals surface area (Å²) in [6, 6.07) is 4.98. The minimum Gasteiger partial charge on any atom is -0.375 e. The molecule has 1 saturated carbocycles. The average Bonchev–Trinajstić information content (AvgIpc) is 3.10. The van der Waals surface area contributed by atoms with E-state index >= 15 is 0 Å². The van der Waals surface area contributed by atoms with E-state index in [9.17, 15) is 0 Å². The molecule has 1 aliphatic heterocycles. The van der Waals surface area contributed by atoms with Gasteiger partial charge >= 0.3 is 0 Å².